The highest BCUT2D eigenvalue weighted by Crippen LogP contribution is 2.26. The van der Waals surface area contributed by atoms with Crippen LogP contribution >= 0.6 is 27.5 Å². The normalized spacial score (nSPS) is 10.6. The van der Waals surface area contributed by atoms with Crippen molar-refractivity contribution in [2.45, 2.75) is 0 Å². The summed E-state index contributed by atoms with van der Waals surface area (Å²) in [5.41, 5.74) is 0.976. The van der Waals surface area contributed by atoms with Crippen LogP contribution in [0.15, 0.2) is 16.7 Å². The Labute approximate surface area is 87.2 Å². The van der Waals surface area contributed by atoms with Crippen LogP contribution in [0.5, 0.6) is 0 Å². The lowest BCUT2D eigenvalue weighted by Crippen LogP contribution is -1.78. The Morgan fingerprint density at radius 1 is 1.54 bits per heavy atom. The van der Waals surface area contributed by atoms with Crippen molar-refractivity contribution in [3.8, 4) is 0 Å². The van der Waals surface area contributed by atoms with Crippen molar-refractivity contribution in [3.05, 3.63) is 27.5 Å². The number of carbonyl (C=O) groups is 1. The number of H-pyrrole nitrogens is 1. The molecule has 0 unspecified atom stereocenters. The fraction of sp³-hybridized carbons (Fsp3) is 0. The number of halogens is 2. The molecule has 2 heterocycles. The molecule has 0 aliphatic heterocycles. The molecule has 0 aromatic carbocycles. The third-order valence-electron chi connectivity index (χ3n) is 1.71. The molecule has 0 saturated heterocycles. The maximum absolute atomic E-state index is 10.5. The predicted molar refractivity (Wildman–Crippen MR) is 54.2 cm³/mol. The lowest BCUT2D eigenvalue weighted by atomic mass is 10.3. The summed E-state index contributed by atoms with van der Waals surface area (Å²) in [5.74, 6) is 0. The number of hydrogen-bond acceptors (Lipinski definition) is 2. The first-order valence-corrected chi connectivity index (χ1v) is 4.68. The number of rotatable bonds is 1. The summed E-state index contributed by atoms with van der Waals surface area (Å²) in [6.45, 7) is 0. The molecule has 1 N–H and O–H groups in total. The minimum absolute atomic E-state index is 0.363. The van der Waals surface area contributed by atoms with Crippen LogP contribution in [0.3, 0.4) is 0 Å². The van der Waals surface area contributed by atoms with Crippen LogP contribution in [0.1, 0.15) is 10.5 Å². The van der Waals surface area contributed by atoms with Gasteiger partial charge in [0.25, 0.3) is 0 Å². The Kier molecular flexibility index (Phi) is 2.09. The van der Waals surface area contributed by atoms with Gasteiger partial charge in [0.05, 0.1) is 10.7 Å². The molecule has 0 saturated carbocycles. The van der Waals surface area contributed by atoms with Crippen molar-refractivity contribution >= 4 is 44.9 Å². The first-order valence-electron chi connectivity index (χ1n) is 3.51. The number of hydrogen-bond donors (Lipinski definition) is 1. The quantitative estimate of drug-likeness (QED) is 0.632. The molecular weight excluding hydrogens is 255 g/mol. The summed E-state index contributed by atoms with van der Waals surface area (Å²) < 4.78 is 0.704. The van der Waals surface area contributed by atoms with E-state index in [4.69, 9.17) is 11.6 Å². The highest BCUT2D eigenvalue weighted by molar-refractivity contribution is 9.10. The SMILES string of the molecule is O=Cc1[nH]c2nc(Br)ccc2c1Cl. The van der Waals surface area contributed by atoms with Gasteiger partial charge in [0.15, 0.2) is 6.29 Å². The zero-order chi connectivity index (χ0) is 9.42. The van der Waals surface area contributed by atoms with Gasteiger partial charge in [-0.1, -0.05) is 11.6 Å². The predicted octanol–water partition coefficient (Wildman–Crippen LogP) is 2.79. The lowest BCUT2D eigenvalue weighted by Gasteiger charge is -1.89. The molecule has 0 bridgehead atoms. The number of aromatic amines is 1. The van der Waals surface area contributed by atoms with Crippen LogP contribution in [0.25, 0.3) is 11.0 Å². The molecule has 2 rings (SSSR count). The van der Waals surface area contributed by atoms with E-state index in [1.165, 1.54) is 0 Å². The third-order valence-corrected chi connectivity index (χ3v) is 2.55. The van der Waals surface area contributed by atoms with E-state index in [-0.39, 0.29) is 0 Å². The molecule has 2 aromatic rings. The number of aromatic nitrogens is 2. The van der Waals surface area contributed by atoms with Gasteiger partial charge in [0, 0.05) is 5.39 Å². The molecule has 0 spiro atoms. The number of carbonyl (C=O) groups excluding carboxylic acids is 1. The summed E-state index contributed by atoms with van der Waals surface area (Å²) >= 11 is 9.12. The smallest absolute Gasteiger partial charge is 0.167 e. The monoisotopic (exact) mass is 258 g/mol. The Balaban J connectivity index is 2.83. The van der Waals surface area contributed by atoms with Gasteiger partial charge in [-0.05, 0) is 28.1 Å². The van der Waals surface area contributed by atoms with Crippen molar-refractivity contribution in [1.82, 2.24) is 9.97 Å². The number of aldehydes is 1. The van der Waals surface area contributed by atoms with Crippen LogP contribution in [-0.2, 0) is 0 Å². The minimum Gasteiger partial charge on any atom is -0.336 e. The molecule has 13 heavy (non-hydrogen) atoms. The fourth-order valence-electron chi connectivity index (χ4n) is 1.12. The second-order valence-electron chi connectivity index (χ2n) is 2.50. The van der Waals surface area contributed by atoms with Crippen LogP contribution in [0.2, 0.25) is 5.02 Å². The zero-order valence-corrected chi connectivity index (χ0v) is 8.69. The summed E-state index contributed by atoms with van der Waals surface area (Å²) in [4.78, 5) is 17.5. The van der Waals surface area contributed by atoms with Gasteiger partial charge >= 0.3 is 0 Å². The van der Waals surface area contributed by atoms with E-state index in [1.54, 1.807) is 12.1 Å². The van der Waals surface area contributed by atoms with Gasteiger partial charge in [-0.25, -0.2) is 4.98 Å². The molecule has 0 atom stereocenters. The maximum Gasteiger partial charge on any atom is 0.167 e. The standard InChI is InChI=1S/C8H4BrClN2O/c9-6-2-1-4-7(10)5(3-13)11-8(4)12-6/h1-3H,(H,11,12). The largest absolute Gasteiger partial charge is 0.336 e. The fourth-order valence-corrected chi connectivity index (χ4v) is 1.67. The van der Waals surface area contributed by atoms with Gasteiger partial charge in [0.2, 0.25) is 0 Å². The van der Waals surface area contributed by atoms with E-state index in [2.05, 4.69) is 25.9 Å². The van der Waals surface area contributed by atoms with Crippen molar-refractivity contribution in [1.29, 1.82) is 0 Å². The number of fused-ring (bicyclic) bond motifs is 1. The molecule has 3 nitrogen and oxygen atoms in total. The lowest BCUT2D eigenvalue weighted by molar-refractivity contribution is 0.112. The van der Waals surface area contributed by atoms with Crippen LogP contribution < -0.4 is 0 Å². The molecule has 0 aliphatic rings. The van der Waals surface area contributed by atoms with E-state index in [0.29, 0.717) is 27.3 Å². The molecule has 0 fully saturated rings. The van der Waals surface area contributed by atoms with Gasteiger partial charge in [-0.15, -0.1) is 0 Å². The first-order chi connectivity index (χ1) is 6.22. The van der Waals surface area contributed by atoms with Gasteiger partial charge < -0.3 is 4.98 Å². The van der Waals surface area contributed by atoms with Crippen LogP contribution in [0, 0.1) is 0 Å². The van der Waals surface area contributed by atoms with E-state index in [9.17, 15) is 4.79 Å². The third kappa shape index (κ3) is 1.36. The second kappa shape index (κ2) is 3.12. The van der Waals surface area contributed by atoms with E-state index < -0.39 is 0 Å². The molecular formula is C8H4BrClN2O. The summed E-state index contributed by atoms with van der Waals surface area (Å²) in [7, 11) is 0. The van der Waals surface area contributed by atoms with Crippen molar-refractivity contribution in [3.63, 3.8) is 0 Å². The number of pyridine rings is 1. The first kappa shape index (κ1) is 8.72. The van der Waals surface area contributed by atoms with Gasteiger partial charge in [-0.3, -0.25) is 4.79 Å². The molecule has 2 aromatic heterocycles. The molecule has 0 radical (unpaired) electrons. The highest BCUT2D eigenvalue weighted by atomic mass is 79.9. The van der Waals surface area contributed by atoms with E-state index >= 15 is 0 Å². The average Bonchev–Trinajstić information content (AvgIpc) is 2.42. The van der Waals surface area contributed by atoms with Crippen molar-refractivity contribution in [2.75, 3.05) is 0 Å². The summed E-state index contributed by atoms with van der Waals surface area (Å²) in [5, 5.41) is 1.18. The molecule has 0 aliphatic carbocycles. The summed E-state index contributed by atoms with van der Waals surface area (Å²) in [6.07, 6.45) is 0.678. The van der Waals surface area contributed by atoms with Crippen LogP contribution in [-0.4, -0.2) is 16.3 Å². The number of nitrogens with one attached hydrogen (secondary N) is 1. The highest BCUT2D eigenvalue weighted by Gasteiger charge is 2.09. The van der Waals surface area contributed by atoms with Crippen LogP contribution in [0.4, 0.5) is 0 Å². The van der Waals surface area contributed by atoms with E-state index in [1.807, 2.05) is 0 Å². The maximum atomic E-state index is 10.5. The zero-order valence-electron chi connectivity index (χ0n) is 6.34. The van der Waals surface area contributed by atoms with Crippen molar-refractivity contribution in [2.24, 2.45) is 0 Å². The second-order valence-corrected chi connectivity index (χ2v) is 3.69. The summed E-state index contributed by atoms with van der Waals surface area (Å²) in [6, 6.07) is 3.58. The van der Waals surface area contributed by atoms with Gasteiger partial charge in [-0.2, -0.15) is 0 Å². The Hall–Kier alpha value is -0.870. The Bertz CT molecular complexity index is 480. The molecule has 0 amide bonds. The average molecular weight is 259 g/mol. The van der Waals surface area contributed by atoms with Gasteiger partial charge in [0.1, 0.15) is 10.3 Å². The number of nitrogens with zero attached hydrogens (tertiary/aromatic N) is 1. The Morgan fingerprint density at radius 2 is 2.31 bits per heavy atom. The Morgan fingerprint density at radius 3 is 3.00 bits per heavy atom. The minimum atomic E-state index is 0.363. The molecule has 66 valence electrons. The topological polar surface area (TPSA) is 45.8 Å². The molecule has 5 heteroatoms. The van der Waals surface area contributed by atoms with E-state index in [0.717, 1.165) is 5.39 Å². The van der Waals surface area contributed by atoms with Crippen molar-refractivity contribution < 1.29 is 4.79 Å².